The first-order valence-electron chi connectivity index (χ1n) is 8.94. The van der Waals surface area contributed by atoms with Gasteiger partial charge in [-0.3, -0.25) is 4.79 Å². The van der Waals surface area contributed by atoms with E-state index in [4.69, 9.17) is 4.42 Å². The third-order valence-corrected chi connectivity index (χ3v) is 6.12. The largest absolute Gasteiger partial charge is 0.431 e. The van der Waals surface area contributed by atoms with Crippen molar-refractivity contribution >= 4 is 40.1 Å². The number of aromatic nitrogens is 2. The van der Waals surface area contributed by atoms with Crippen LogP contribution in [0.15, 0.2) is 63.6 Å². The number of nitrogens with one attached hydrogen (secondary N) is 1. The molecule has 2 aromatic carbocycles. The zero-order chi connectivity index (χ0) is 19.3. The summed E-state index contributed by atoms with van der Waals surface area (Å²) in [6.45, 7) is 2.61. The van der Waals surface area contributed by atoms with Crippen molar-refractivity contribution in [1.82, 2.24) is 15.3 Å². The number of thioether (sulfide) groups is 1. The highest BCUT2D eigenvalue weighted by Gasteiger charge is 2.13. The van der Waals surface area contributed by atoms with E-state index >= 15 is 0 Å². The van der Waals surface area contributed by atoms with Crippen LogP contribution in [-0.4, -0.2) is 22.4 Å². The molecule has 4 rings (SSSR count). The maximum absolute atomic E-state index is 12.3. The molecule has 0 aliphatic heterocycles. The number of nitrogens with zero attached hydrogens (tertiary/aromatic N) is 2. The average molecular weight is 410 g/mol. The first-order chi connectivity index (χ1) is 13.7. The molecule has 0 bridgehead atoms. The van der Waals surface area contributed by atoms with E-state index in [2.05, 4.69) is 27.4 Å². The Kier molecular flexibility index (Phi) is 5.73. The van der Waals surface area contributed by atoms with Crippen molar-refractivity contribution in [3.63, 3.8) is 0 Å². The van der Waals surface area contributed by atoms with Crippen LogP contribution in [0.1, 0.15) is 26.6 Å². The van der Waals surface area contributed by atoms with Gasteiger partial charge in [0, 0.05) is 11.9 Å². The van der Waals surface area contributed by atoms with Crippen LogP contribution in [0.25, 0.3) is 11.1 Å². The van der Waals surface area contributed by atoms with E-state index in [1.54, 1.807) is 5.38 Å². The van der Waals surface area contributed by atoms with E-state index in [1.165, 1.54) is 28.7 Å². The smallest absolute Gasteiger partial charge is 0.270 e. The van der Waals surface area contributed by atoms with Crippen molar-refractivity contribution in [2.24, 2.45) is 0 Å². The number of aryl methyl sites for hydroxylation is 1. The van der Waals surface area contributed by atoms with Gasteiger partial charge in [-0.05, 0) is 30.5 Å². The molecular weight excluding hydrogens is 390 g/mol. The molecule has 0 aliphatic rings. The number of thiazole rings is 1. The summed E-state index contributed by atoms with van der Waals surface area (Å²) in [5.41, 5.74) is 4.44. The van der Waals surface area contributed by atoms with Gasteiger partial charge in [0.1, 0.15) is 16.2 Å². The van der Waals surface area contributed by atoms with E-state index in [1.807, 2.05) is 43.3 Å². The molecule has 0 fully saturated rings. The maximum atomic E-state index is 12.3. The van der Waals surface area contributed by atoms with Crippen molar-refractivity contribution in [3.8, 4) is 0 Å². The number of fused-ring (bicyclic) bond motifs is 1. The van der Waals surface area contributed by atoms with Gasteiger partial charge in [-0.2, -0.15) is 0 Å². The number of amides is 1. The third kappa shape index (κ3) is 4.43. The van der Waals surface area contributed by atoms with Gasteiger partial charge in [0.05, 0.1) is 5.75 Å². The van der Waals surface area contributed by atoms with Crippen molar-refractivity contribution < 1.29 is 9.21 Å². The molecular formula is C21H19N3O2S2. The van der Waals surface area contributed by atoms with Crippen LogP contribution in [0.3, 0.4) is 0 Å². The molecule has 0 radical (unpaired) electrons. The standard InChI is InChI=1S/C21H19N3O2S2/c1-14-6-5-9-17-19(14)24-21(26-17)28-13-18-23-16(12-27-18)20(25)22-11-10-15-7-3-2-4-8-15/h2-9,12H,10-11,13H2,1H3,(H,22,25). The number of para-hydroxylation sites is 1. The van der Waals surface area contributed by atoms with E-state index in [-0.39, 0.29) is 5.91 Å². The molecule has 0 aliphatic carbocycles. The van der Waals surface area contributed by atoms with Crippen LogP contribution in [0.5, 0.6) is 0 Å². The zero-order valence-electron chi connectivity index (χ0n) is 15.3. The number of hydrogen-bond donors (Lipinski definition) is 1. The van der Waals surface area contributed by atoms with Gasteiger partial charge >= 0.3 is 0 Å². The minimum atomic E-state index is -0.138. The summed E-state index contributed by atoms with van der Waals surface area (Å²) in [6, 6.07) is 16.0. The lowest BCUT2D eigenvalue weighted by atomic mass is 10.1. The molecule has 28 heavy (non-hydrogen) atoms. The lowest BCUT2D eigenvalue weighted by Gasteiger charge is -2.03. The number of carbonyl (C=O) groups is 1. The van der Waals surface area contributed by atoms with Gasteiger partial charge in [0.15, 0.2) is 5.58 Å². The van der Waals surface area contributed by atoms with Gasteiger partial charge in [-0.25, -0.2) is 9.97 Å². The summed E-state index contributed by atoms with van der Waals surface area (Å²) in [5, 5.41) is 6.21. The second-order valence-electron chi connectivity index (χ2n) is 6.31. The third-order valence-electron chi connectivity index (χ3n) is 4.25. The fourth-order valence-corrected chi connectivity index (χ4v) is 4.41. The second-order valence-corrected chi connectivity index (χ2v) is 8.18. The van der Waals surface area contributed by atoms with Crippen LogP contribution >= 0.6 is 23.1 Å². The van der Waals surface area contributed by atoms with Gasteiger partial charge < -0.3 is 9.73 Å². The van der Waals surface area contributed by atoms with Crippen LogP contribution in [0.4, 0.5) is 0 Å². The lowest BCUT2D eigenvalue weighted by molar-refractivity contribution is 0.0949. The van der Waals surface area contributed by atoms with Gasteiger partial charge in [0.2, 0.25) is 0 Å². The normalized spacial score (nSPS) is 11.0. The molecule has 1 N–H and O–H groups in total. The van der Waals surface area contributed by atoms with E-state index in [9.17, 15) is 4.79 Å². The summed E-state index contributed by atoms with van der Waals surface area (Å²) < 4.78 is 5.77. The van der Waals surface area contributed by atoms with Crippen molar-refractivity contribution in [2.75, 3.05) is 6.54 Å². The topological polar surface area (TPSA) is 68.0 Å². The Hall–Kier alpha value is -2.64. The molecule has 0 atom stereocenters. The summed E-state index contributed by atoms with van der Waals surface area (Å²) in [6.07, 6.45) is 0.802. The second kappa shape index (κ2) is 8.58. The zero-order valence-corrected chi connectivity index (χ0v) is 17.0. The van der Waals surface area contributed by atoms with Crippen LogP contribution in [0.2, 0.25) is 0 Å². The molecule has 4 aromatic rings. The Bertz CT molecular complexity index is 1090. The Balaban J connectivity index is 1.30. The Morgan fingerprint density at radius 3 is 2.82 bits per heavy atom. The van der Waals surface area contributed by atoms with Gasteiger partial charge in [-0.1, -0.05) is 54.2 Å². The fourth-order valence-electron chi connectivity index (χ4n) is 2.79. The Morgan fingerprint density at radius 2 is 2.00 bits per heavy atom. The SMILES string of the molecule is Cc1cccc2oc(SCc3nc(C(=O)NCCc4ccccc4)cs3)nc12. The maximum Gasteiger partial charge on any atom is 0.270 e. The monoisotopic (exact) mass is 409 g/mol. The van der Waals surface area contributed by atoms with Gasteiger partial charge in [-0.15, -0.1) is 11.3 Å². The van der Waals surface area contributed by atoms with Gasteiger partial charge in [0.25, 0.3) is 11.1 Å². The number of benzene rings is 2. The van der Waals surface area contributed by atoms with Crippen molar-refractivity contribution in [3.05, 3.63) is 75.7 Å². The molecule has 7 heteroatoms. The highest BCUT2D eigenvalue weighted by atomic mass is 32.2. The molecule has 0 saturated heterocycles. The van der Waals surface area contributed by atoms with Crippen LogP contribution < -0.4 is 5.32 Å². The Labute approximate surface area is 171 Å². The van der Waals surface area contributed by atoms with Crippen LogP contribution in [-0.2, 0) is 12.2 Å². The lowest BCUT2D eigenvalue weighted by Crippen LogP contribution is -2.26. The summed E-state index contributed by atoms with van der Waals surface area (Å²) >= 11 is 2.96. The first-order valence-corrected chi connectivity index (χ1v) is 10.8. The summed E-state index contributed by atoms with van der Waals surface area (Å²) in [7, 11) is 0. The fraction of sp³-hybridized carbons (Fsp3) is 0.190. The Morgan fingerprint density at radius 1 is 1.14 bits per heavy atom. The summed E-state index contributed by atoms with van der Waals surface area (Å²) in [5.74, 6) is 0.481. The molecule has 0 unspecified atom stereocenters. The number of carbonyl (C=O) groups excluding carboxylic acids is 1. The predicted octanol–water partition coefficient (Wildman–Crippen LogP) is 4.86. The van der Waals surface area contributed by atoms with E-state index in [0.717, 1.165) is 28.1 Å². The van der Waals surface area contributed by atoms with Crippen LogP contribution in [0, 0.1) is 6.92 Å². The molecule has 2 heterocycles. The molecule has 142 valence electrons. The molecule has 2 aromatic heterocycles. The molecule has 5 nitrogen and oxygen atoms in total. The number of rotatable bonds is 7. The molecule has 0 spiro atoms. The molecule has 1 amide bonds. The quantitative estimate of drug-likeness (QED) is 0.442. The van der Waals surface area contributed by atoms with E-state index in [0.29, 0.717) is 23.2 Å². The predicted molar refractivity (Wildman–Crippen MR) is 113 cm³/mol. The molecule has 0 saturated carbocycles. The number of oxazole rings is 1. The highest BCUT2D eigenvalue weighted by molar-refractivity contribution is 7.98. The van der Waals surface area contributed by atoms with Crippen molar-refractivity contribution in [1.29, 1.82) is 0 Å². The van der Waals surface area contributed by atoms with E-state index < -0.39 is 0 Å². The average Bonchev–Trinajstić information content (AvgIpc) is 3.35. The number of hydrogen-bond acceptors (Lipinski definition) is 6. The summed E-state index contributed by atoms with van der Waals surface area (Å²) in [4.78, 5) is 21.2. The first kappa shape index (κ1) is 18.7. The highest BCUT2D eigenvalue weighted by Crippen LogP contribution is 2.28. The minimum absolute atomic E-state index is 0.138. The van der Waals surface area contributed by atoms with Crippen molar-refractivity contribution in [2.45, 2.75) is 24.3 Å². The minimum Gasteiger partial charge on any atom is -0.431 e.